The molecular weight excluding hydrogens is 318 g/mol. The summed E-state index contributed by atoms with van der Waals surface area (Å²) in [5.74, 6) is 3.47. The van der Waals surface area contributed by atoms with Crippen LogP contribution in [0.5, 0.6) is 0 Å². The molecule has 0 unspecified atom stereocenters. The third kappa shape index (κ3) is 3.94. The number of nitrogens with zero attached hydrogens (tertiary/aromatic N) is 6. The average molecular weight is 343 g/mol. The molecule has 25 heavy (non-hydrogen) atoms. The fourth-order valence-corrected chi connectivity index (χ4v) is 3.18. The van der Waals surface area contributed by atoms with Crippen LogP contribution in [0.25, 0.3) is 0 Å². The molecule has 0 radical (unpaired) electrons. The highest BCUT2D eigenvalue weighted by molar-refractivity contribution is 5.73. The van der Waals surface area contributed by atoms with Gasteiger partial charge in [0.25, 0.3) is 0 Å². The summed E-state index contributed by atoms with van der Waals surface area (Å²) in [4.78, 5) is 26.8. The van der Waals surface area contributed by atoms with E-state index in [0.29, 0.717) is 6.54 Å². The number of anilines is 1. The Kier molecular flexibility index (Phi) is 4.96. The lowest BCUT2D eigenvalue weighted by Gasteiger charge is -2.28. The van der Waals surface area contributed by atoms with E-state index in [-0.39, 0.29) is 5.91 Å². The summed E-state index contributed by atoms with van der Waals surface area (Å²) in [6, 6.07) is 0. The zero-order valence-electron chi connectivity index (χ0n) is 15.3. The van der Waals surface area contributed by atoms with Gasteiger partial charge in [-0.1, -0.05) is 0 Å². The topological polar surface area (TPSA) is 88.8 Å². The van der Waals surface area contributed by atoms with Gasteiger partial charge in [0.05, 0.1) is 12.2 Å². The summed E-state index contributed by atoms with van der Waals surface area (Å²) in [6.07, 6.45) is 1.72. The molecule has 0 aliphatic carbocycles. The summed E-state index contributed by atoms with van der Waals surface area (Å²) in [5, 5.41) is 7.82. The summed E-state index contributed by atoms with van der Waals surface area (Å²) >= 11 is 0. The van der Waals surface area contributed by atoms with Gasteiger partial charge in [-0.05, 0) is 33.6 Å². The number of hydrogen-bond acceptors (Lipinski definition) is 6. The second kappa shape index (κ2) is 7.16. The first-order chi connectivity index (χ1) is 11.9. The minimum Gasteiger partial charge on any atom is -0.370 e. The lowest BCUT2D eigenvalue weighted by atomic mass is 10.1. The standard InChI is InChI=1S/C17H25N7O/c1-11-20-16-10-23(14(4)25)9-6-15(16)17(21-11)18-7-5-8-24-13(3)19-12(2)22-24/h5-10H2,1-4H3,(H,18,20,21). The average Bonchev–Trinajstić information content (AvgIpc) is 2.88. The molecule has 0 saturated heterocycles. The number of fused-ring (bicyclic) bond motifs is 1. The Bertz CT molecular complexity index is 784. The quantitative estimate of drug-likeness (QED) is 0.826. The van der Waals surface area contributed by atoms with E-state index in [1.807, 2.05) is 30.4 Å². The molecule has 8 nitrogen and oxygen atoms in total. The fraction of sp³-hybridized carbons (Fsp3) is 0.588. The monoisotopic (exact) mass is 343 g/mol. The van der Waals surface area contributed by atoms with Gasteiger partial charge in [0.15, 0.2) is 0 Å². The molecule has 3 heterocycles. The van der Waals surface area contributed by atoms with E-state index in [2.05, 4.69) is 25.4 Å². The zero-order chi connectivity index (χ0) is 18.0. The van der Waals surface area contributed by atoms with Crippen molar-refractivity contribution in [3.05, 3.63) is 28.7 Å². The van der Waals surface area contributed by atoms with Gasteiger partial charge in [0.1, 0.15) is 23.3 Å². The maximum Gasteiger partial charge on any atom is 0.219 e. The van der Waals surface area contributed by atoms with Crippen LogP contribution in [0.4, 0.5) is 5.82 Å². The molecule has 134 valence electrons. The van der Waals surface area contributed by atoms with E-state index in [9.17, 15) is 4.79 Å². The van der Waals surface area contributed by atoms with Crippen LogP contribution in [0.15, 0.2) is 0 Å². The minimum atomic E-state index is 0.0925. The van der Waals surface area contributed by atoms with Gasteiger partial charge in [-0.2, -0.15) is 5.10 Å². The number of aromatic nitrogens is 5. The number of carbonyl (C=O) groups excluding carboxylic acids is 1. The van der Waals surface area contributed by atoms with Crippen molar-refractivity contribution in [1.82, 2.24) is 29.6 Å². The van der Waals surface area contributed by atoms with Gasteiger partial charge >= 0.3 is 0 Å². The lowest BCUT2D eigenvalue weighted by molar-refractivity contribution is -0.129. The molecule has 0 saturated carbocycles. The Morgan fingerprint density at radius 2 is 1.96 bits per heavy atom. The molecule has 2 aromatic rings. The highest BCUT2D eigenvalue weighted by Gasteiger charge is 2.22. The lowest BCUT2D eigenvalue weighted by Crippen LogP contribution is -2.35. The van der Waals surface area contributed by atoms with E-state index >= 15 is 0 Å². The summed E-state index contributed by atoms with van der Waals surface area (Å²) in [5.41, 5.74) is 2.09. The van der Waals surface area contributed by atoms with Crippen molar-refractivity contribution in [3.63, 3.8) is 0 Å². The molecular formula is C17H25N7O. The third-order valence-corrected chi connectivity index (χ3v) is 4.42. The van der Waals surface area contributed by atoms with Crippen LogP contribution in [-0.4, -0.2) is 48.6 Å². The van der Waals surface area contributed by atoms with E-state index in [1.165, 1.54) is 0 Å². The van der Waals surface area contributed by atoms with Gasteiger partial charge in [-0.25, -0.2) is 15.0 Å². The van der Waals surface area contributed by atoms with Crippen molar-refractivity contribution in [2.45, 2.75) is 53.6 Å². The van der Waals surface area contributed by atoms with Gasteiger partial charge in [0, 0.05) is 32.1 Å². The van der Waals surface area contributed by atoms with Crippen molar-refractivity contribution in [3.8, 4) is 0 Å². The highest BCUT2D eigenvalue weighted by Crippen LogP contribution is 2.23. The maximum atomic E-state index is 11.6. The van der Waals surface area contributed by atoms with Gasteiger partial charge < -0.3 is 10.2 Å². The zero-order valence-corrected chi connectivity index (χ0v) is 15.3. The minimum absolute atomic E-state index is 0.0925. The van der Waals surface area contributed by atoms with Crippen molar-refractivity contribution in [2.24, 2.45) is 0 Å². The molecule has 0 atom stereocenters. The van der Waals surface area contributed by atoms with Crippen LogP contribution in [-0.2, 0) is 24.3 Å². The van der Waals surface area contributed by atoms with E-state index in [4.69, 9.17) is 0 Å². The number of aryl methyl sites for hydroxylation is 4. The second-order valence-electron chi connectivity index (χ2n) is 6.44. The van der Waals surface area contributed by atoms with Crippen LogP contribution in [0, 0.1) is 20.8 Å². The number of nitrogens with one attached hydrogen (secondary N) is 1. The predicted octanol–water partition coefficient (Wildman–Crippen LogP) is 1.40. The Morgan fingerprint density at radius 1 is 1.16 bits per heavy atom. The second-order valence-corrected chi connectivity index (χ2v) is 6.44. The first kappa shape index (κ1) is 17.3. The Balaban J connectivity index is 1.63. The molecule has 0 spiro atoms. The highest BCUT2D eigenvalue weighted by atomic mass is 16.2. The van der Waals surface area contributed by atoms with Crippen LogP contribution < -0.4 is 5.32 Å². The molecule has 1 aliphatic rings. The number of amides is 1. The van der Waals surface area contributed by atoms with Crippen LogP contribution in [0.3, 0.4) is 0 Å². The van der Waals surface area contributed by atoms with Gasteiger partial charge in [-0.3, -0.25) is 9.48 Å². The van der Waals surface area contributed by atoms with Gasteiger partial charge in [0.2, 0.25) is 5.91 Å². The smallest absolute Gasteiger partial charge is 0.219 e. The van der Waals surface area contributed by atoms with Crippen molar-refractivity contribution >= 4 is 11.7 Å². The Hall–Kier alpha value is -2.51. The molecule has 1 aliphatic heterocycles. The van der Waals surface area contributed by atoms with Crippen LogP contribution >= 0.6 is 0 Å². The Labute approximate surface area is 147 Å². The van der Waals surface area contributed by atoms with E-state index in [0.717, 1.165) is 67.0 Å². The molecule has 2 aromatic heterocycles. The fourth-order valence-electron chi connectivity index (χ4n) is 3.18. The SMILES string of the molecule is CC(=O)N1CCc2c(nc(C)nc2NCCCn2nc(C)nc2C)C1. The van der Waals surface area contributed by atoms with E-state index in [1.54, 1.807) is 6.92 Å². The molecule has 1 N–H and O–H groups in total. The van der Waals surface area contributed by atoms with Crippen LogP contribution in [0.1, 0.15) is 42.1 Å². The number of hydrogen-bond donors (Lipinski definition) is 1. The van der Waals surface area contributed by atoms with Gasteiger partial charge in [-0.15, -0.1) is 0 Å². The predicted molar refractivity (Wildman–Crippen MR) is 94.2 cm³/mol. The third-order valence-electron chi connectivity index (χ3n) is 4.42. The van der Waals surface area contributed by atoms with Crippen LogP contribution in [0.2, 0.25) is 0 Å². The first-order valence-electron chi connectivity index (χ1n) is 8.68. The largest absolute Gasteiger partial charge is 0.370 e. The molecule has 0 fully saturated rings. The van der Waals surface area contributed by atoms with Crippen molar-refractivity contribution < 1.29 is 4.79 Å². The Morgan fingerprint density at radius 3 is 2.64 bits per heavy atom. The molecule has 3 rings (SSSR count). The van der Waals surface area contributed by atoms with Crippen molar-refractivity contribution in [1.29, 1.82) is 0 Å². The number of rotatable bonds is 5. The maximum absolute atomic E-state index is 11.6. The molecule has 8 heteroatoms. The summed E-state index contributed by atoms with van der Waals surface area (Å²) in [7, 11) is 0. The molecule has 0 bridgehead atoms. The summed E-state index contributed by atoms with van der Waals surface area (Å²) < 4.78 is 1.93. The summed E-state index contributed by atoms with van der Waals surface area (Å²) in [6.45, 7) is 10.3. The molecule has 0 aromatic carbocycles. The van der Waals surface area contributed by atoms with E-state index < -0.39 is 0 Å². The number of carbonyl (C=O) groups is 1. The molecule has 1 amide bonds. The first-order valence-corrected chi connectivity index (χ1v) is 8.68. The normalized spacial score (nSPS) is 13.7. The van der Waals surface area contributed by atoms with Crippen molar-refractivity contribution in [2.75, 3.05) is 18.4 Å².